The lowest BCUT2D eigenvalue weighted by molar-refractivity contribution is -0.132. The fourth-order valence-electron chi connectivity index (χ4n) is 2.54. The first-order chi connectivity index (χ1) is 9.72. The fourth-order valence-corrected chi connectivity index (χ4v) is 2.54. The van der Waals surface area contributed by atoms with Crippen molar-refractivity contribution in [1.82, 2.24) is 14.5 Å². The molecule has 0 saturated carbocycles. The Hall–Kier alpha value is -2.30. The van der Waals surface area contributed by atoms with E-state index in [-0.39, 0.29) is 5.91 Å². The van der Waals surface area contributed by atoms with Crippen molar-refractivity contribution >= 4 is 11.6 Å². The third kappa shape index (κ3) is 2.66. The van der Waals surface area contributed by atoms with Crippen molar-refractivity contribution in [3.63, 3.8) is 0 Å². The standard InChI is InChI=1S/C15H18N4O/c16-13-3-1-2-12(10-13)4-5-15(20)19-9-8-18-7-6-17-14(18)11-19/h1-3,6-7,10H,4-5,8-9,11,16H2. The molecule has 0 bridgehead atoms. The van der Waals surface area contributed by atoms with Crippen LogP contribution >= 0.6 is 0 Å². The molecule has 2 N–H and O–H groups in total. The van der Waals surface area contributed by atoms with E-state index in [9.17, 15) is 4.79 Å². The van der Waals surface area contributed by atoms with Gasteiger partial charge in [-0.05, 0) is 24.1 Å². The number of rotatable bonds is 3. The zero-order chi connectivity index (χ0) is 13.9. The topological polar surface area (TPSA) is 64.2 Å². The number of amides is 1. The molecule has 1 aromatic carbocycles. The largest absolute Gasteiger partial charge is 0.399 e. The second kappa shape index (κ2) is 5.36. The highest BCUT2D eigenvalue weighted by molar-refractivity contribution is 5.76. The van der Waals surface area contributed by atoms with Crippen molar-refractivity contribution < 1.29 is 4.79 Å². The van der Waals surface area contributed by atoms with E-state index in [0.717, 1.165) is 36.6 Å². The van der Waals surface area contributed by atoms with E-state index in [2.05, 4.69) is 9.55 Å². The van der Waals surface area contributed by atoms with Crippen molar-refractivity contribution in [1.29, 1.82) is 0 Å². The molecule has 3 rings (SSSR count). The summed E-state index contributed by atoms with van der Waals surface area (Å²) in [6.45, 7) is 2.21. The summed E-state index contributed by atoms with van der Waals surface area (Å²) >= 11 is 0. The number of nitrogens with zero attached hydrogens (tertiary/aromatic N) is 3. The molecular formula is C15H18N4O. The summed E-state index contributed by atoms with van der Waals surface area (Å²) in [5, 5.41) is 0. The zero-order valence-electron chi connectivity index (χ0n) is 11.3. The van der Waals surface area contributed by atoms with Gasteiger partial charge in [0.05, 0.1) is 6.54 Å². The lowest BCUT2D eigenvalue weighted by Crippen LogP contribution is -2.38. The maximum Gasteiger partial charge on any atom is 0.223 e. The number of hydrogen-bond donors (Lipinski definition) is 1. The Kier molecular flexibility index (Phi) is 3.41. The van der Waals surface area contributed by atoms with Crippen LogP contribution in [0.4, 0.5) is 5.69 Å². The number of benzene rings is 1. The van der Waals surface area contributed by atoms with E-state index >= 15 is 0 Å². The highest BCUT2D eigenvalue weighted by atomic mass is 16.2. The molecule has 0 spiro atoms. The number of carbonyl (C=O) groups is 1. The monoisotopic (exact) mass is 270 g/mol. The second-order valence-corrected chi connectivity index (χ2v) is 5.10. The number of carbonyl (C=O) groups excluding carboxylic acids is 1. The molecular weight excluding hydrogens is 252 g/mol. The van der Waals surface area contributed by atoms with Crippen molar-refractivity contribution in [2.75, 3.05) is 12.3 Å². The zero-order valence-corrected chi connectivity index (χ0v) is 11.3. The minimum Gasteiger partial charge on any atom is -0.399 e. The van der Waals surface area contributed by atoms with E-state index in [1.54, 1.807) is 6.20 Å². The van der Waals surface area contributed by atoms with Crippen LogP contribution in [0.25, 0.3) is 0 Å². The first-order valence-corrected chi connectivity index (χ1v) is 6.84. The van der Waals surface area contributed by atoms with E-state index < -0.39 is 0 Å². The van der Waals surface area contributed by atoms with Crippen molar-refractivity contribution in [3.8, 4) is 0 Å². The first kappa shape index (κ1) is 12.7. The van der Waals surface area contributed by atoms with Crippen LogP contribution in [0.1, 0.15) is 17.8 Å². The van der Waals surface area contributed by atoms with Gasteiger partial charge in [0.1, 0.15) is 5.82 Å². The number of aryl methyl sites for hydroxylation is 1. The Bertz CT molecular complexity index is 620. The number of nitrogen functional groups attached to an aromatic ring is 1. The van der Waals surface area contributed by atoms with Crippen molar-refractivity contribution in [3.05, 3.63) is 48.0 Å². The molecule has 0 radical (unpaired) electrons. The van der Waals surface area contributed by atoms with Crippen LogP contribution in [-0.2, 0) is 24.3 Å². The lowest BCUT2D eigenvalue weighted by Gasteiger charge is -2.27. The molecule has 1 amide bonds. The first-order valence-electron chi connectivity index (χ1n) is 6.84. The molecule has 5 heteroatoms. The predicted molar refractivity (Wildman–Crippen MR) is 76.8 cm³/mol. The second-order valence-electron chi connectivity index (χ2n) is 5.10. The molecule has 104 valence electrons. The van der Waals surface area contributed by atoms with Crippen LogP contribution in [0, 0.1) is 0 Å². The summed E-state index contributed by atoms with van der Waals surface area (Å²) in [5.74, 6) is 1.15. The Labute approximate surface area is 118 Å². The molecule has 1 aliphatic rings. The van der Waals surface area contributed by atoms with Crippen molar-refractivity contribution in [2.24, 2.45) is 0 Å². The summed E-state index contributed by atoms with van der Waals surface area (Å²) in [6, 6.07) is 7.71. The molecule has 0 fully saturated rings. The maximum absolute atomic E-state index is 12.2. The van der Waals surface area contributed by atoms with Crippen LogP contribution in [0.5, 0.6) is 0 Å². The summed E-state index contributed by atoms with van der Waals surface area (Å²) in [7, 11) is 0. The average molecular weight is 270 g/mol. The summed E-state index contributed by atoms with van der Waals surface area (Å²) < 4.78 is 2.10. The lowest BCUT2D eigenvalue weighted by atomic mass is 10.1. The molecule has 0 unspecified atom stereocenters. The number of fused-ring (bicyclic) bond motifs is 1. The maximum atomic E-state index is 12.2. The summed E-state index contributed by atoms with van der Waals surface area (Å²) in [5.41, 5.74) is 7.60. The van der Waals surface area contributed by atoms with Gasteiger partial charge in [-0.2, -0.15) is 0 Å². The van der Waals surface area contributed by atoms with Gasteiger partial charge in [-0.15, -0.1) is 0 Å². The Morgan fingerprint density at radius 2 is 2.25 bits per heavy atom. The average Bonchev–Trinajstić information content (AvgIpc) is 2.92. The van der Waals surface area contributed by atoms with E-state index in [0.29, 0.717) is 13.0 Å². The molecule has 20 heavy (non-hydrogen) atoms. The van der Waals surface area contributed by atoms with E-state index in [1.807, 2.05) is 35.4 Å². The van der Waals surface area contributed by atoms with Crippen LogP contribution in [0.15, 0.2) is 36.7 Å². The number of anilines is 1. The molecule has 1 aliphatic heterocycles. The summed E-state index contributed by atoms with van der Waals surface area (Å²) in [4.78, 5) is 18.4. The van der Waals surface area contributed by atoms with Crippen LogP contribution in [-0.4, -0.2) is 26.9 Å². The van der Waals surface area contributed by atoms with Gasteiger partial charge >= 0.3 is 0 Å². The van der Waals surface area contributed by atoms with Gasteiger partial charge in [-0.1, -0.05) is 12.1 Å². The summed E-state index contributed by atoms with van der Waals surface area (Å²) in [6.07, 6.45) is 5.00. The minimum atomic E-state index is 0.182. The smallest absolute Gasteiger partial charge is 0.223 e. The highest BCUT2D eigenvalue weighted by Crippen LogP contribution is 2.14. The number of hydrogen-bond acceptors (Lipinski definition) is 3. The quantitative estimate of drug-likeness (QED) is 0.858. The number of nitrogens with two attached hydrogens (primary N) is 1. The Balaban J connectivity index is 1.58. The van der Waals surface area contributed by atoms with Gasteiger partial charge in [-0.3, -0.25) is 4.79 Å². The van der Waals surface area contributed by atoms with E-state index in [1.165, 1.54) is 0 Å². The third-order valence-electron chi connectivity index (χ3n) is 3.68. The molecule has 2 aromatic rings. The van der Waals surface area contributed by atoms with Crippen LogP contribution in [0.2, 0.25) is 0 Å². The molecule has 0 aliphatic carbocycles. The minimum absolute atomic E-state index is 0.182. The molecule has 1 aromatic heterocycles. The van der Waals surface area contributed by atoms with Gasteiger partial charge < -0.3 is 15.2 Å². The fraction of sp³-hybridized carbons (Fsp3) is 0.333. The van der Waals surface area contributed by atoms with Gasteiger partial charge in [0, 0.05) is 37.6 Å². The van der Waals surface area contributed by atoms with E-state index in [4.69, 9.17) is 5.73 Å². The predicted octanol–water partition coefficient (Wildman–Crippen LogP) is 1.44. The third-order valence-corrected chi connectivity index (χ3v) is 3.68. The SMILES string of the molecule is Nc1cccc(CCC(=O)N2CCn3ccnc3C2)c1. The molecule has 2 heterocycles. The van der Waals surface area contributed by atoms with Gasteiger partial charge in [0.25, 0.3) is 0 Å². The molecule has 0 atom stereocenters. The normalized spacial score (nSPS) is 14.1. The Morgan fingerprint density at radius 3 is 3.10 bits per heavy atom. The molecule has 5 nitrogen and oxygen atoms in total. The highest BCUT2D eigenvalue weighted by Gasteiger charge is 2.20. The van der Waals surface area contributed by atoms with Gasteiger partial charge in [-0.25, -0.2) is 4.98 Å². The Morgan fingerprint density at radius 1 is 1.35 bits per heavy atom. The number of imidazole rings is 1. The van der Waals surface area contributed by atoms with Gasteiger partial charge in [0.15, 0.2) is 0 Å². The van der Waals surface area contributed by atoms with Crippen LogP contribution < -0.4 is 5.73 Å². The number of aromatic nitrogens is 2. The van der Waals surface area contributed by atoms with Crippen LogP contribution in [0.3, 0.4) is 0 Å². The van der Waals surface area contributed by atoms with Crippen molar-refractivity contribution in [2.45, 2.75) is 25.9 Å². The molecule has 0 saturated heterocycles. The van der Waals surface area contributed by atoms with Gasteiger partial charge in [0.2, 0.25) is 5.91 Å².